The smallest absolute Gasteiger partial charge is 0.407 e. The Morgan fingerprint density at radius 1 is 1.16 bits per heavy atom. The Bertz CT molecular complexity index is 1190. The number of hydrogen-bond acceptors (Lipinski definition) is 7. The van der Waals surface area contributed by atoms with E-state index < -0.39 is 41.6 Å². The van der Waals surface area contributed by atoms with Crippen LogP contribution in [0, 0.1) is 0 Å². The minimum absolute atomic E-state index is 0.0181. The number of aromatic nitrogens is 2. The minimum atomic E-state index is -1.08. The average Bonchev–Trinajstić information content (AvgIpc) is 2.85. The molecule has 2 aromatic rings. The average molecular weight is 546 g/mol. The number of nitrogens with one attached hydrogen (secondary N) is 1. The summed E-state index contributed by atoms with van der Waals surface area (Å²) in [5.74, 6) is -1.35. The van der Waals surface area contributed by atoms with Crippen LogP contribution in [0.15, 0.2) is 36.4 Å². The molecule has 1 aromatic carbocycles. The first-order valence-electron chi connectivity index (χ1n) is 12.2. The SMILES string of the molecule is CC1CN(C(=O)O)CCN1C(=O)[C@H](CCC(=O)OC(C)(C)C)NC(=O)c1cc(Cl)nc(-c2ccccc2)n1. The van der Waals surface area contributed by atoms with Crippen LogP contribution in [0.4, 0.5) is 4.79 Å². The van der Waals surface area contributed by atoms with Crippen molar-refractivity contribution in [2.24, 2.45) is 0 Å². The predicted octanol–water partition coefficient (Wildman–Crippen LogP) is 3.23. The van der Waals surface area contributed by atoms with Crippen molar-refractivity contribution in [3.8, 4) is 11.4 Å². The number of rotatable bonds is 7. The van der Waals surface area contributed by atoms with Crippen LogP contribution in [0.25, 0.3) is 11.4 Å². The molecule has 3 amide bonds. The highest BCUT2D eigenvalue weighted by atomic mass is 35.5. The van der Waals surface area contributed by atoms with Gasteiger partial charge in [0.25, 0.3) is 5.91 Å². The number of benzene rings is 1. The van der Waals surface area contributed by atoms with Crippen LogP contribution in [0.2, 0.25) is 5.15 Å². The molecule has 11 nitrogen and oxygen atoms in total. The van der Waals surface area contributed by atoms with Gasteiger partial charge in [-0.3, -0.25) is 14.4 Å². The monoisotopic (exact) mass is 545 g/mol. The molecule has 1 unspecified atom stereocenters. The lowest BCUT2D eigenvalue weighted by atomic mass is 10.1. The Labute approximate surface area is 226 Å². The summed E-state index contributed by atoms with van der Waals surface area (Å²) >= 11 is 6.17. The Morgan fingerprint density at radius 3 is 2.45 bits per heavy atom. The molecule has 1 aliphatic heterocycles. The predicted molar refractivity (Wildman–Crippen MR) is 140 cm³/mol. The maximum Gasteiger partial charge on any atom is 0.407 e. The van der Waals surface area contributed by atoms with Gasteiger partial charge in [0.2, 0.25) is 5.91 Å². The van der Waals surface area contributed by atoms with Gasteiger partial charge in [-0.1, -0.05) is 41.9 Å². The van der Waals surface area contributed by atoms with Crippen molar-refractivity contribution in [3.05, 3.63) is 47.2 Å². The number of carbonyl (C=O) groups is 4. The Kier molecular flexibility index (Phi) is 9.26. The number of amides is 3. The fraction of sp³-hybridized carbons (Fsp3) is 0.462. The molecule has 1 fully saturated rings. The highest BCUT2D eigenvalue weighted by Crippen LogP contribution is 2.19. The van der Waals surface area contributed by atoms with E-state index in [2.05, 4.69) is 15.3 Å². The first-order chi connectivity index (χ1) is 17.8. The van der Waals surface area contributed by atoms with Gasteiger partial charge in [-0.05, 0) is 34.1 Å². The molecule has 0 saturated carbocycles. The third-order valence-corrected chi connectivity index (χ3v) is 5.99. The van der Waals surface area contributed by atoms with E-state index >= 15 is 0 Å². The second kappa shape index (κ2) is 12.2. The van der Waals surface area contributed by atoms with Gasteiger partial charge >= 0.3 is 12.1 Å². The van der Waals surface area contributed by atoms with Crippen LogP contribution in [0.1, 0.15) is 51.0 Å². The molecule has 0 radical (unpaired) electrons. The van der Waals surface area contributed by atoms with Crippen molar-refractivity contribution >= 4 is 35.5 Å². The van der Waals surface area contributed by atoms with Crippen molar-refractivity contribution in [2.75, 3.05) is 19.6 Å². The van der Waals surface area contributed by atoms with Crippen LogP contribution in [-0.4, -0.2) is 86.1 Å². The highest BCUT2D eigenvalue weighted by molar-refractivity contribution is 6.29. The van der Waals surface area contributed by atoms with E-state index in [0.29, 0.717) is 5.56 Å². The third-order valence-electron chi connectivity index (χ3n) is 5.80. The van der Waals surface area contributed by atoms with Crippen molar-refractivity contribution in [2.45, 2.75) is 58.2 Å². The lowest BCUT2D eigenvalue weighted by Crippen LogP contribution is -2.59. The van der Waals surface area contributed by atoms with Crippen LogP contribution in [0.3, 0.4) is 0 Å². The maximum absolute atomic E-state index is 13.5. The zero-order valence-electron chi connectivity index (χ0n) is 21.8. The molecule has 38 heavy (non-hydrogen) atoms. The number of piperazine rings is 1. The molecule has 12 heteroatoms. The van der Waals surface area contributed by atoms with Crippen molar-refractivity contribution in [1.82, 2.24) is 25.1 Å². The van der Waals surface area contributed by atoms with Crippen molar-refractivity contribution in [1.29, 1.82) is 0 Å². The minimum Gasteiger partial charge on any atom is -0.465 e. The summed E-state index contributed by atoms with van der Waals surface area (Å²) in [5.41, 5.74) is -0.0815. The van der Waals surface area contributed by atoms with Crippen LogP contribution >= 0.6 is 11.6 Å². The molecule has 0 aliphatic carbocycles. The van der Waals surface area contributed by atoms with E-state index in [1.165, 1.54) is 15.9 Å². The number of hydrogen-bond donors (Lipinski definition) is 2. The van der Waals surface area contributed by atoms with E-state index in [4.69, 9.17) is 16.3 Å². The van der Waals surface area contributed by atoms with Crippen LogP contribution < -0.4 is 5.32 Å². The van der Waals surface area contributed by atoms with Gasteiger partial charge in [0.15, 0.2) is 5.82 Å². The highest BCUT2D eigenvalue weighted by Gasteiger charge is 2.35. The molecule has 1 aliphatic rings. The molecule has 2 heterocycles. The van der Waals surface area contributed by atoms with Gasteiger partial charge in [0.05, 0.1) is 0 Å². The zero-order chi connectivity index (χ0) is 28.0. The first-order valence-corrected chi connectivity index (χ1v) is 12.6. The summed E-state index contributed by atoms with van der Waals surface area (Å²) in [5, 5.41) is 12.0. The summed E-state index contributed by atoms with van der Waals surface area (Å²) < 4.78 is 5.36. The molecule has 204 valence electrons. The molecule has 2 N–H and O–H groups in total. The number of nitrogens with zero attached hydrogens (tertiary/aromatic N) is 4. The molecule has 2 atom stereocenters. The normalized spacial score (nSPS) is 16.5. The number of halogens is 1. The van der Waals surface area contributed by atoms with E-state index in [9.17, 15) is 24.3 Å². The maximum atomic E-state index is 13.5. The molecular formula is C26H32ClN5O6. The van der Waals surface area contributed by atoms with E-state index in [0.717, 1.165) is 0 Å². The van der Waals surface area contributed by atoms with E-state index in [-0.39, 0.29) is 49.1 Å². The number of carbonyl (C=O) groups excluding carboxylic acids is 3. The summed E-state index contributed by atoms with van der Waals surface area (Å²) in [4.78, 5) is 61.8. The van der Waals surface area contributed by atoms with E-state index in [1.54, 1.807) is 52.0 Å². The molecule has 0 bridgehead atoms. The van der Waals surface area contributed by atoms with Crippen LogP contribution in [-0.2, 0) is 14.3 Å². The Balaban J connectivity index is 1.82. The first kappa shape index (κ1) is 28.8. The van der Waals surface area contributed by atoms with Crippen molar-refractivity contribution < 1.29 is 29.0 Å². The zero-order valence-corrected chi connectivity index (χ0v) is 22.6. The van der Waals surface area contributed by atoms with Gasteiger partial charge in [0.1, 0.15) is 22.5 Å². The lowest BCUT2D eigenvalue weighted by molar-refractivity contribution is -0.155. The largest absolute Gasteiger partial charge is 0.465 e. The third kappa shape index (κ3) is 7.88. The molecule has 3 rings (SSSR count). The number of carboxylic acid groups (broad SMARTS) is 1. The summed E-state index contributed by atoms with van der Waals surface area (Å²) in [6, 6.07) is 8.78. The fourth-order valence-corrected chi connectivity index (χ4v) is 4.24. The molecule has 0 spiro atoms. The number of esters is 1. The Morgan fingerprint density at radius 2 is 1.84 bits per heavy atom. The molecular weight excluding hydrogens is 514 g/mol. The topological polar surface area (TPSA) is 142 Å². The summed E-state index contributed by atoms with van der Waals surface area (Å²) in [6.07, 6.45) is -1.19. The van der Waals surface area contributed by atoms with Crippen LogP contribution in [0.5, 0.6) is 0 Å². The summed E-state index contributed by atoms with van der Waals surface area (Å²) in [7, 11) is 0. The molecule has 1 saturated heterocycles. The van der Waals surface area contributed by atoms with Gasteiger partial charge < -0.3 is 25.0 Å². The second-order valence-corrected chi connectivity index (χ2v) is 10.4. The standard InChI is InChI=1S/C26H32ClN5O6/c1-16-15-31(25(36)37)12-13-32(16)24(35)18(10-11-21(33)38-26(2,3)4)29-23(34)19-14-20(27)30-22(28-19)17-8-6-5-7-9-17/h5-9,14,16,18H,10-13,15H2,1-4H3,(H,29,34)(H,36,37)/t16?,18-/m0/s1. The van der Waals surface area contributed by atoms with Gasteiger partial charge in [-0.25, -0.2) is 14.8 Å². The van der Waals surface area contributed by atoms with E-state index in [1.807, 2.05) is 6.07 Å². The lowest BCUT2D eigenvalue weighted by Gasteiger charge is -2.40. The molecule has 1 aromatic heterocycles. The van der Waals surface area contributed by atoms with Crippen molar-refractivity contribution in [3.63, 3.8) is 0 Å². The fourth-order valence-electron chi connectivity index (χ4n) is 4.05. The Hall–Kier alpha value is -3.73. The quantitative estimate of drug-likeness (QED) is 0.399. The second-order valence-electron chi connectivity index (χ2n) is 10.0. The number of ether oxygens (including phenoxy) is 1. The van der Waals surface area contributed by atoms with Gasteiger partial charge in [-0.15, -0.1) is 0 Å². The summed E-state index contributed by atoms with van der Waals surface area (Å²) in [6.45, 7) is 7.38. The van der Waals surface area contributed by atoms with Gasteiger partial charge in [0, 0.05) is 43.7 Å². The van der Waals surface area contributed by atoms with Gasteiger partial charge in [-0.2, -0.15) is 0 Å².